The van der Waals surface area contributed by atoms with E-state index >= 15 is 0 Å². The molecule has 0 heterocycles. The van der Waals surface area contributed by atoms with Crippen LogP contribution in [0.25, 0.3) is 22.3 Å². The third kappa shape index (κ3) is 7.16. The van der Waals surface area contributed by atoms with Crippen molar-refractivity contribution in [1.29, 1.82) is 0 Å². The van der Waals surface area contributed by atoms with Gasteiger partial charge in [-0.1, -0.05) is 12.1 Å². The van der Waals surface area contributed by atoms with E-state index in [2.05, 4.69) is 0 Å². The maximum absolute atomic E-state index is 11.6. The van der Waals surface area contributed by atoms with E-state index in [0.29, 0.717) is 17.1 Å². The average molecular weight is 559 g/mol. The molecule has 214 valence electrons. The molecule has 0 amide bonds. The number of hydrogen-bond acceptors (Lipinski definition) is 7. The minimum atomic E-state index is -0.929. The maximum Gasteiger partial charge on any atom is 0.337 e. The molecule has 8 nitrogen and oxygen atoms in total. The van der Waals surface area contributed by atoms with Crippen LogP contribution in [-0.4, -0.2) is 52.6 Å². The molecule has 0 aliphatic heterocycles. The molecule has 0 unspecified atom stereocenters. The van der Waals surface area contributed by atoms with Crippen molar-refractivity contribution in [2.24, 2.45) is 0 Å². The predicted molar refractivity (Wildman–Crippen MR) is 158 cm³/mol. The average Bonchev–Trinajstić information content (AvgIpc) is 3.00. The lowest BCUT2D eigenvalue weighted by molar-refractivity contribution is 0.0599. The number of esters is 1. The Labute approximate surface area is 240 Å². The van der Waals surface area contributed by atoms with E-state index in [9.17, 15) is 9.59 Å². The van der Waals surface area contributed by atoms with Gasteiger partial charge < -0.3 is 28.8 Å². The van der Waals surface area contributed by atoms with Crippen LogP contribution in [-0.2, 0) is 4.74 Å². The fourth-order valence-electron chi connectivity index (χ4n) is 4.35. The molecular formula is C33H34O8. The summed E-state index contributed by atoms with van der Waals surface area (Å²) in [5.74, 6) is 1.59. The zero-order chi connectivity index (χ0) is 30.1. The van der Waals surface area contributed by atoms with Crippen LogP contribution in [0, 0.1) is 13.8 Å². The van der Waals surface area contributed by atoms with Crippen molar-refractivity contribution < 1.29 is 38.4 Å². The summed E-state index contributed by atoms with van der Waals surface area (Å²) in [6.07, 6.45) is 0. The largest absolute Gasteiger partial charge is 0.497 e. The summed E-state index contributed by atoms with van der Waals surface area (Å²) in [4.78, 5) is 22.5. The Kier molecular flexibility index (Phi) is 10.4. The van der Waals surface area contributed by atoms with E-state index in [1.54, 1.807) is 58.8 Å². The first-order chi connectivity index (χ1) is 19.7. The fraction of sp³-hybridized carbons (Fsp3) is 0.212. The molecule has 0 aromatic heterocycles. The number of methoxy groups -OCH3 is 5. The number of ether oxygens (including phenoxy) is 5. The first-order valence-corrected chi connectivity index (χ1v) is 12.6. The van der Waals surface area contributed by atoms with Gasteiger partial charge in [0, 0.05) is 23.3 Å². The van der Waals surface area contributed by atoms with Gasteiger partial charge in [0.2, 0.25) is 0 Å². The smallest absolute Gasteiger partial charge is 0.337 e. The van der Waals surface area contributed by atoms with Gasteiger partial charge in [-0.25, -0.2) is 9.59 Å². The lowest BCUT2D eigenvalue weighted by atomic mass is 9.97. The van der Waals surface area contributed by atoms with Crippen molar-refractivity contribution >= 4 is 11.9 Å². The highest BCUT2D eigenvalue weighted by atomic mass is 16.5. The Hall–Kier alpha value is -4.98. The number of carbonyl (C=O) groups is 2. The molecule has 0 bridgehead atoms. The summed E-state index contributed by atoms with van der Waals surface area (Å²) in [6, 6.07) is 21.7. The summed E-state index contributed by atoms with van der Waals surface area (Å²) in [5, 5.41) is 9.00. The molecular weight excluding hydrogens is 524 g/mol. The molecule has 0 aliphatic carbocycles. The van der Waals surface area contributed by atoms with Crippen LogP contribution in [0.15, 0.2) is 72.8 Å². The van der Waals surface area contributed by atoms with E-state index < -0.39 is 5.97 Å². The van der Waals surface area contributed by atoms with Crippen LogP contribution in [0.1, 0.15) is 31.8 Å². The molecule has 0 atom stereocenters. The van der Waals surface area contributed by atoms with Crippen molar-refractivity contribution in [2.75, 3.05) is 35.5 Å². The number of hydrogen-bond donors (Lipinski definition) is 1. The molecule has 0 aliphatic rings. The molecule has 1 N–H and O–H groups in total. The Morgan fingerprint density at radius 2 is 0.951 bits per heavy atom. The Morgan fingerprint density at radius 1 is 0.537 bits per heavy atom. The number of carboxylic acid groups (broad SMARTS) is 1. The zero-order valence-electron chi connectivity index (χ0n) is 24.2. The molecule has 8 heteroatoms. The Bertz CT molecular complexity index is 1540. The van der Waals surface area contributed by atoms with Crippen LogP contribution in [0.2, 0.25) is 0 Å². The fourth-order valence-corrected chi connectivity index (χ4v) is 4.35. The zero-order valence-corrected chi connectivity index (χ0v) is 24.2. The molecule has 0 radical (unpaired) electrons. The lowest BCUT2D eigenvalue weighted by Crippen LogP contribution is -2.02. The van der Waals surface area contributed by atoms with Gasteiger partial charge in [-0.3, -0.25) is 0 Å². The van der Waals surface area contributed by atoms with Crippen LogP contribution in [0.3, 0.4) is 0 Å². The second kappa shape index (κ2) is 13.9. The van der Waals surface area contributed by atoms with E-state index in [0.717, 1.165) is 44.9 Å². The monoisotopic (exact) mass is 558 g/mol. The summed E-state index contributed by atoms with van der Waals surface area (Å²) in [7, 11) is 7.81. The summed E-state index contributed by atoms with van der Waals surface area (Å²) >= 11 is 0. The standard InChI is InChI=1S/C17H18O4.C16H16O4/c1-11-9-12(17(18)21-4)5-7-14(11)15-8-6-13(19-2)10-16(15)20-3;1-10-8-11(16(17)18)4-6-13(10)14-7-5-12(19-2)9-15(14)20-3/h5-10H,1-4H3;4-9H,1-3H3,(H,17,18). The van der Waals surface area contributed by atoms with Gasteiger partial charge in [-0.2, -0.15) is 0 Å². The Balaban J connectivity index is 0.000000226. The van der Waals surface area contributed by atoms with Crippen LogP contribution >= 0.6 is 0 Å². The van der Waals surface area contributed by atoms with Crippen molar-refractivity contribution in [2.45, 2.75) is 13.8 Å². The highest BCUT2D eigenvalue weighted by Crippen LogP contribution is 2.36. The number of benzene rings is 4. The Morgan fingerprint density at radius 3 is 1.32 bits per heavy atom. The lowest BCUT2D eigenvalue weighted by Gasteiger charge is -2.13. The SMILES string of the molecule is COC(=O)c1ccc(-c2ccc(OC)cc2OC)c(C)c1.COc1ccc(-c2ccc(C(=O)O)cc2C)c(OC)c1. The van der Waals surface area contributed by atoms with E-state index in [4.69, 9.17) is 28.8 Å². The molecule has 4 rings (SSSR count). The van der Waals surface area contributed by atoms with Gasteiger partial charge in [-0.15, -0.1) is 0 Å². The highest BCUT2D eigenvalue weighted by Gasteiger charge is 2.14. The maximum atomic E-state index is 11.6. The van der Waals surface area contributed by atoms with E-state index in [-0.39, 0.29) is 11.5 Å². The highest BCUT2D eigenvalue weighted by molar-refractivity contribution is 5.91. The summed E-state index contributed by atoms with van der Waals surface area (Å²) in [5.41, 5.74) is 6.46. The number of aryl methyl sites for hydroxylation is 2. The first-order valence-electron chi connectivity index (χ1n) is 12.6. The molecule has 4 aromatic carbocycles. The third-order valence-electron chi connectivity index (χ3n) is 6.52. The number of carbonyl (C=O) groups excluding carboxylic acids is 1. The number of aromatic carboxylic acids is 1. The van der Waals surface area contributed by atoms with Gasteiger partial charge in [0.15, 0.2) is 0 Å². The van der Waals surface area contributed by atoms with Crippen molar-refractivity contribution in [3.05, 3.63) is 95.1 Å². The van der Waals surface area contributed by atoms with Gasteiger partial charge in [0.1, 0.15) is 23.0 Å². The van der Waals surface area contributed by atoms with Gasteiger partial charge in [0.05, 0.1) is 46.7 Å². The molecule has 0 spiro atoms. The quantitative estimate of drug-likeness (QED) is 0.235. The number of rotatable bonds is 8. The second-order valence-corrected chi connectivity index (χ2v) is 8.99. The van der Waals surface area contributed by atoms with Gasteiger partial charge >= 0.3 is 11.9 Å². The van der Waals surface area contributed by atoms with Crippen LogP contribution in [0.5, 0.6) is 23.0 Å². The first kappa shape index (κ1) is 30.6. The van der Waals surface area contributed by atoms with E-state index in [1.807, 2.05) is 56.3 Å². The van der Waals surface area contributed by atoms with Gasteiger partial charge in [0.25, 0.3) is 0 Å². The minimum Gasteiger partial charge on any atom is -0.497 e. The van der Waals surface area contributed by atoms with E-state index in [1.165, 1.54) is 7.11 Å². The second-order valence-electron chi connectivity index (χ2n) is 8.99. The number of carboxylic acids is 1. The van der Waals surface area contributed by atoms with Crippen molar-refractivity contribution in [3.8, 4) is 45.3 Å². The molecule has 0 fully saturated rings. The summed E-state index contributed by atoms with van der Waals surface area (Å²) in [6.45, 7) is 3.83. The van der Waals surface area contributed by atoms with Crippen molar-refractivity contribution in [1.82, 2.24) is 0 Å². The molecule has 41 heavy (non-hydrogen) atoms. The minimum absolute atomic E-state index is 0.277. The molecule has 0 saturated carbocycles. The molecule has 4 aromatic rings. The van der Waals surface area contributed by atoms with Crippen molar-refractivity contribution in [3.63, 3.8) is 0 Å². The third-order valence-corrected chi connectivity index (χ3v) is 6.52. The summed E-state index contributed by atoms with van der Waals surface area (Å²) < 4.78 is 25.9. The predicted octanol–water partition coefficient (Wildman–Crippen LogP) is 6.84. The van der Waals surface area contributed by atoms with Crippen LogP contribution < -0.4 is 18.9 Å². The normalized spacial score (nSPS) is 10.1. The van der Waals surface area contributed by atoms with Crippen LogP contribution in [0.4, 0.5) is 0 Å². The van der Waals surface area contributed by atoms with Gasteiger partial charge in [-0.05, 0) is 84.6 Å². The molecule has 0 saturated heterocycles. The topological polar surface area (TPSA) is 101 Å².